The van der Waals surface area contributed by atoms with Gasteiger partial charge >= 0.3 is 0 Å². The molecule has 1 aromatic rings. The molecule has 0 radical (unpaired) electrons. The van der Waals surface area contributed by atoms with E-state index in [1.165, 1.54) is 0 Å². The van der Waals surface area contributed by atoms with E-state index in [4.69, 9.17) is 4.74 Å². The second kappa shape index (κ2) is 5.51. The van der Waals surface area contributed by atoms with Crippen LogP contribution in [0.2, 0.25) is 0 Å². The van der Waals surface area contributed by atoms with E-state index >= 15 is 0 Å². The number of hydrogen-bond acceptors (Lipinski definition) is 4. The van der Waals surface area contributed by atoms with Crippen molar-refractivity contribution in [3.63, 3.8) is 0 Å². The van der Waals surface area contributed by atoms with Gasteiger partial charge in [-0.1, -0.05) is 11.6 Å². The minimum atomic E-state index is -3.22. The van der Waals surface area contributed by atoms with Gasteiger partial charge in [0, 0.05) is 11.8 Å². The Bertz CT molecular complexity index is 479. The third kappa shape index (κ3) is 4.36. The Morgan fingerprint density at radius 3 is 2.59 bits per heavy atom. The number of benzene rings is 1. The van der Waals surface area contributed by atoms with Crippen LogP contribution in [0.4, 0.5) is 0 Å². The van der Waals surface area contributed by atoms with Crippen LogP contribution in [0.15, 0.2) is 18.2 Å². The molecule has 0 saturated carbocycles. The van der Waals surface area contributed by atoms with Crippen LogP contribution in [-0.4, -0.2) is 32.1 Å². The second-order valence-electron chi connectivity index (χ2n) is 4.08. The molecule has 0 heterocycles. The van der Waals surface area contributed by atoms with Gasteiger partial charge in [0.05, 0.1) is 18.5 Å². The molecule has 0 aliphatic heterocycles. The summed E-state index contributed by atoms with van der Waals surface area (Å²) in [6.45, 7) is 4.20. The third-order valence-electron chi connectivity index (χ3n) is 2.28. The van der Waals surface area contributed by atoms with Crippen molar-refractivity contribution >= 4 is 9.84 Å². The summed E-state index contributed by atoms with van der Waals surface area (Å²) in [7, 11) is -3.22. The van der Waals surface area contributed by atoms with Gasteiger partial charge in [-0.3, -0.25) is 0 Å². The van der Waals surface area contributed by atoms with Crippen LogP contribution in [0.25, 0.3) is 0 Å². The average molecular weight is 258 g/mol. The molecule has 4 nitrogen and oxygen atoms in total. The SMILES string of the molecule is CCOc1ccc(C)cc1C(O)CS(C)(=O)=O. The summed E-state index contributed by atoms with van der Waals surface area (Å²) in [6.07, 6.45) is 0.0540. The van der Waals surface area contributed by atoms with Gasteiger partial charge in [0.25, 0.3) is 0 Å². The Balaban J connectivity index is 3.05. The maximum absolute atomic E-state index is 11.2. The van der Waals surface area contributed by atoms with E-state index in [1.807, 2.05) is 19.9 Å². The standard InChI is InChI=1S/C12H18O4S/c1-4-16-12-6-5-9(2)7-10(12)11(13)8-17(3,14)15/h5-7,11,13H,4,8H2,1-3H3. The zero-order valence-corrected chi connectivity index (χ0v) is 11.1. The molecule has 1 atom stereocenters. The Labute approximate surface area is 102 Å². The largest absolute Gasteiger partial charge is 0.493 e. The van der Waals surface area contributed by atoms with Crippen LogP contribution in [-0.2, 0) is 9.84 Å². The first kappa shape index (κ1) is 14.0. The summed E-state index contributed by atoms with van der Waals surface area (Å²) in [4.78, 5) is 0. The summed E-state index contributed by atoms with van der Waals surface area (Å²) < 4.78 is 27.7. The Kier molecular flexibility index (Phi) is 4.54. The predicted molar refractivity (Wildman–Crippen MR) is 67.0 cm³/mol. The number of ether oxygens (including phenoxy) is 1. The highest BCUT2D eigenvalue weighted by Crippen LogP contribution is 2.27. The van der Waals surface area contributed by atoms with Crippen molar-refractivity contribution in [1.82, 2.24) is 0 Å². The normalized spacial score (nSPS) is 13.4. The number of sulfone groups is 1. The zero-order chi connectivity index (χ0) is 13.1. The molecule has 1 N–H and O–H groups in total. The topological polar surface area (TPSA) is 63.6 Å². The van der Waals surface area contributed by atoms with Gasteiger partial charge in [-0.05, 0) is 26.0 Å². The van der Waals surface area contributed by atoms with Gasteiger partial charge < -0.3 is 9.84 Å². The Hall–Kier alpha value is -1.07. The number of aryl methyl sites for hydroxylation is 1. The van der Waals surface area contributed by atoms with Gasteiger partial charge in [-0.25, -0.2) is 8.42 Å². The van der Waals surface area contributed by atoms with Crippen LogP contribution < -0.4 is 4.74 Å². The number of hydrogen-bond donors (Lipinski definition) is 1. The lowest BCUT2D eigenvalue weighted by Crippen LogP contribution is -2.14. The average Bonchev–Trinajstić information content (AvgIpc) is 2.18. The maximum atomic E-state index is 11.2. The predicted octanol–water partition coefficient (Wildman–Crippen LogP) is 1.47. The Morgan fingerprint density at radius 1 is 1.41 bits per heavy atom. The lowest BCUT2D eigenvalue weighted by molar-refractivity contribution is 0.194. The lowest BCUT2D eigenvalue weighted by atomic mass is 10.1. The van der Waals surface area contributed by atoms with Crippen LogP contribution in [0.5, 0.6) is 5.75 Å². The molecule has 0 spiro atoms. The first-order chi connectivity index (χ1) is 7.83. The molecule has 5 heteroatoms. The van der Waals surface area contributed by atoms with E-state index in [2.05, 4.69) is 0 Å². The molecule has 0 saturated heterocycles. The first-order valence-electron chi connectivity index (χ1n) is 5.42. The van der Waals surface area contributed by atoms with Gasteiger partial charge in [-0.2, -0.15) is 0 Å². The van der Waals surface area contributed by atoms with E-state index < -0.39 is 15.9 Å². The number of aliphatic hydroxyl groups is 1. The van der Waals surface area contributed by atoms with Crippen molar-refractivity contribution in [2.75, 3.05) is 18.6 Å². The fourth-order valence-electron chi connectivity index (χ4n) is 1.59. The van der Waals surface area contributed by atoms with Crippen molar-refractivity contribution in [3.8, 4) is 5.75 Å². The van der Waals surface area contributed by atoms with E-state index in [-0.39, 0.29) is 5.75 Å². The lowest BCUT2D eigenvalue weighted by Gasteiger charge is -2.15. The molecule has 1 aromatic carbocycles. The van der Waals surface area contributed by atoms with Crippen LogP contribution in [0, 0.1) is 6.92 Å². The molecule has 0 aromatic heterocycles. The van der Waals surface area contributed by atoms with Gasteiger partial charge in [0.1, 0.15) is 15.6 Å². The number of rotatable bonds is 5. The molecular formula is C12H18O4S. The summed E-state index contributed by atoms with van der Waals surface area (Å²) in [5.74, 6) is 0.241. The molecule has 1 rings (SSSR count). The van der Waals surface area contributed by atoms with Gasteiger partial charge in [-0.15, -0.1) is 0 Å². The second-order valence-corrected chi connectivity index (χ2v) is 6.27. The van der Waals surface area contributed by atoms with E-state index in [0.717, 1.165) is 11.8 Å². The summed E-state index contributed by atoms with van der Waals surface area (Å²) in [6, 6.07) is 5.36. The van der Waals surface area contributed by atoms with Crippen LogP contribution in [0.1, 0.15) is 24.2 Å². The van der Waals surface area contributed by atoms with E-state index in [0.29, 0.717) is 17.9 Å². The van der Waals surface area contributed by atoms with Crippen molar-refractivity contribution in [1.29, 1.82) is 0 Å². The highest BCUT2D eigenvalue weighted by atomic mass is 32.2. The van der Waals surface area contributed by atoms with Crippen molar-refractivity contribution in [2.24, 2.45) is 0 Å². The molecule has 0 bridgehead atoms. The van der Waals surface area contributed by atoms with Gasteiger partial charge in [0.2, 0.25) is 0 Å². The van der Waals surface area contributed by atoms with E-state index in [9.17, 15) is 13.5 Å². The highest BCUT2D eigenvalue weighted by Gasteiger charge is 2.18. The summed E-state index contributed by atoms with van der Waals surface area (Å²) in [5, 5.41) is 9.93. The quantitative estimate of drug-likeness (QED) is 0.868. The molecule has 17 heavy (non-hydrogen) atoms. The minimum absolute atomic E-state index is 0.295. The van der Waals surface area contributed by atoms with Gasteiger partial charge in [0.15, 0.2) is 0 Å². The highest BCUT2D eigenvalue weighted by molar-refractivity contribution is 7.90. The molecule has 0 aliphatic carbocycles. The molecular weight excluding hydrogens is 240 g/mol. The van der Waals surface area contributed by atoms with Crippen LogP contribution in [0.3, 0.4) is 0 Å². The third-order valence-corrected chi connectivity index (χ3v) is 3.21. The Morgan fingerprint density at radius 2 is 2.06 bits per heavy atom. The molecule has 0 amide bonds. The van der Waals surface area contributed by atoms with E-state index in [1.54, 1.807) is 12.1 Å². The van der Waals surface area contributed by atoms with Crippen molar-refractivity contribution < 1.29 is 18.3 Å². The molecule has 1 unspecified atom stereocenters. The fourth-order valence-corrected chi connectivity index (χ4v) is 2.34. The maximum Gasteiger partial charge on any atom is 0.150 e. The first-order valence-corrected chi connectivity index (χ1v) is 7.48. The fraction of sp³-hybridized carbons (Fsp3) is 0.500. The summed E-state index contributed by atoms with van der Waals surface area (Å²) in [5.41, 5.74) is 1.48. The molecule has 0 fully saturated rings. The monoisotopic (exact) mass is 258 g/mol. The number of aliphatic hydroxyl groups excluding tert-OH is 1. The van der Waals surface area contributed by atoms with Crippen LogP contribution >= 0.6 is 0 Å². The molecule has 96 valence electrons. The minimum Gasteiger partial charge on any atom is -0.493 e. The molecule has 0 aliphatic rings. The van der Waals surface area contributed by atoms with Crippen molar-refractivity contribution in [3.05, 3.63) is 29.3 Å². The smallest absolute Gasteiger partial charge is 0.150 e. The summed E-state index contributed by atoms with van der Waals surface area (Å²) >= 11 is 0. The van der Waals surface area contributed by atoms with Crippen molar-refractivity contribution in [2.45, 2.75) is 20.0 Å². The zero-order valence-electron chi connectivity index (χ0n) is 10.3.